The van der Waals surface area contributed by atoms with Gasteiger partial charge in [-0.05, 0) is 17.7 Å². The molecule has 2 fully saturated rings. The van der Waals surface area contributed by atoms with Crippen LogP contribution in [0.1, 0.15) is 37.8 Å². The molecule has 3 rings (SSSR count). The minimum Gasteiger partial charge on any atom is -0.394 e. The Balaban J connectivity index is 1.82. The Morgan fingerprint density at radius 1 is 1.32 bits per heavy atom. The first-order valence-electron chi connectivity index (χ1n) is 8.71. The second kappa shape index (κ2) is 6.89. The second-order valence-electron chi connectivity index (χ2n) is 7.09. The van der Waals surface area contributed by atoms with Gasteiger partial charge in [0.1, 0.15) is 0 Å². The molecule has 0 aliphatic carbocycles. The van der Waals surface area contributed by atoms with Crippen LogP contribution in [0.5, 0.6) is 0 Å². The van der Waals surface area contributed by atoms with E-state index in [1.54, 1.807) is 9.80 Å². The SMILES string of the molecule is CC(=O)N1CC(=O)N2[C@H](C1)[C@@H](c1ccc(C#CC(C)C)cc1)[C@@H]2CO. The van der Waals surface area contributed by atoms with E-state index in [1.165, 1.54) is 6.92 Å². The van der Waals surface area contributed by atoms with E-state index < -0.39 is 0 Å². The number of piperazine rings is 1. The minimum atomic E-state index is -0.209. The Morgan fingerprint density at radius 3 is 2.56 bits per heavy atom. The first kappa shape index (κ1) is 17.5. The molecule has 2 heterocycles. The number of amides is 2. The first-order valence-corrected chi connectivity index (χ1v) is 8.71. The molecule has 132 valence electrons. The zero-order chi connectivity index (χ0) is 18.1. The lowest BCUT2D eigenvalue weighted by Crippen LogP contribution is -2.73. The molecule has 2 saturated heterocycles. The molecule has 2 aliphatic heterocycles. The van der Waals surface area contributed by atoms with Crippen LogP contribution in [0.4, 0.5) is 0 Å². The maximum atomic E-state index is 12.3. The van der Waals surface area contributed by atoms with Crippen LogP contribution in [0.15, 0.2) is 24.3 Å². The number of rotatable bonds is 2. The Bertz CT molecular complexity index is 730. The smallest absolute Gasteiger partial charge is 0.242 e. The summed E-state index contributed by atoms with van der Waals surface area (Å²) >= 11 is 0. The van der Waals surface area contributed by atoms with Gasteiger partial charge in [-0.15, -0.1) is 0 Å². The van der Waals surface area contributed by atoms with Crippen molar-refractivity contribution in [3.8, 4) is 11.8 Å². The van der Waals surface area contributed by atoms with Crippen LogP contribution < -0.4 is 0 Å². The molecule has 1 aromatic carbocycles. The molecule has 0 aromatic heterocycles. The predicted molar refractivity (Wildman–Crippen MR) is 94.7 cm³/mol. The van der Waals surface area contributed by atoms with E-state index in [0.717, 1.165) is 11.1 Å². The lowest BCUT2D eigenvalue weighted by molar-refractivity contribution is -0.166. The highest BCUT2D eigenvalue weighted by molar-refractivity contribution is 5.87. The van der Waals surface area contributed by atoms with Crippen molar-refractivity contribution in [2.24, 2.45) is 5.92 Å². The van der Waals surface area contributed by atoms with Crippen molar-refractivity contribution < 1.29 is 14.7 Å². The molecular weight excluding hydrogens is 316 g/mol. The van der Waals surface area contributed by atoms with Gasteiger partial charge in [-0.25, -0.2) is 0 Å². The quantitative estimate of drug-likeness (QED) is 0.824. The van der Waals surface area contributed by atoms with Gasteiger partial charge in [0, 0.05) is 30.9 Å². The number of aliphatic hydroxyl groups excluding tert-OH is 1. The number of hydrogen-bond donors (Lipinski definition) is 1. The van der Waals surface area contributed by atoms with Gasteiger partial charge in [0.15, 0.2) is 0 Å². The van der Waals surface area contributed by atoms with E-state index >= 15 is 0 Å². The Hall–Kier alpha value is -2.32. The number of aliphatic hydroxyl groups is 1. The lowest BCUT2D eigenvalue weighted by atomic mass is 9.73. The molecule has 2 amide bonds. The van der Waals surface area contributed by atoms with Crippen molar-refractivity contribution in [3.63, 3.8) is 0 Å². The Labute approximate surface area is 148 Å². The molecule has 2 aliphatic rings. The molecular formula is C20H24N2O3. The van der Waals surface area contributed by atoms with Gasteiger partial charge in [0.05, 0.1) is 25.2 Å². The molecule has 0 saturated carbocycles. The molecule has 0 radical (unpaired) electrons. The van der Waals surface area contributed by atoms with Crippen molar-refractivity contribution in [2.75, 3.05) is 19.7 Å². The third-order valence-corrected chi connectivity index (χ3v) is 5.00. The minimum absolute atomic E-state index is 0.0446. The summed E-state index contributed by atoms with van der Waals surface area (Å²) in [6.07, 6.45) is 0. The van der Waals surface area contributed by atoms with Crippen molar-refractivity contribution in [1.29, 1.82) is 0 Å². The van der Waals surface area contributed by atoms with Crippen molar-refractivity contribution in [1.82, 2.24) is 9.80 Å². The summed E-state index contributed by atoms with van der Waals surface area (Å²) in [6.45, 7) is 6.16. The molecule has 0 spiro atoms. The van der Waals surface area contributed by atoms with Crippen LogP contribution in [0, 0.1) is 17.8 Å². The fourth-order valence-corrected chi connectivity index (χ4v) is 3.76. The summed E-state index contributed by atoms with van der Waals surface area (Å²) < 4.78 is 0. The standard InChI is InChI=1S/C20H24N2O3/c1-13(2)4-5-15-6-8-16(9-7-15)20-17-10-21(14(3)24)11-19(25)22(17)18(20)12-23/h6-9,13,17-18,20,23H,10-12H2,1-3H3/t17-,18+,20-/m1/s1. The summed E-state index contributed by atoms with van der Waals surface area (Å²) in [4.78, 5) is 27.3. The maximum absolute atomic E-state index is 12.3. The number of carbonyl (C=O) groups is 2. The molecule has 0 bridgehead atoms. The van der Waals surface area contributed by atoms with Gasteiger partial charge in [-0.1, -0.05) is 37.8 Å². The number of benzene rings is 1. The van der Waals surface area contributed by atoms with Gasteiger partial charge in [0.2, 0.25) is 11.8 Å². The summed E-state index contributed by atoms with van der Waals surface area (Å²) in [5.41, 5.74) is 2.04. The number of fused-ring (bicyclic) bond motifs is 1. The normalized spacial score (nSPS) is 25.2. The second-order valence-corrected chi connectivity index (χ2v) is 7.09. The van der Waals surface area contributed by atoms with Crippen LogP contribution in [0.25, 0.3) is 0 Å². The van der Waals surface area contributed by atoms with Crippen molar-refractivity contribution >= 4 is 11.8 Å². The first-order chi connectivity index (χ1) is 11.9. The summed E-state index contributed by atoms with van der Waals surface area (Å²) in [6, 6.07) is 7.73. The number of hydrogen-bond acceptors (Lipinski definition) is 3. The van der Waals surface area contributed by atoms with Gasteiger partial charge in [-0.3, -0.25) is 9.59 Å². The summed E-state index contributed by atoms with van der Waals surface area (Å²) in [5.74, 6) is 6.48. The highest BCUT2D eigenvalue weighted by Gasteiger charge is 2.54. The lowest BCUT2D eigenvalue weighted by Gasteiger charge is -2.58. The van der Waals surface area contributed by atoms with Gasteiger partial charge in [-0.2, -0.15) is 0 Å². The van der Waals surface area contributed by atoms with E-state index in [0.29, 0.717) is 12.5 Å². The highest BCUT2D eigenvalue weighted by atomic mass is 16.3. The van der Waals surface area contributed by atoms with Gasteiger partial charge in [0.25, 0.3) is 0 Å². The zero-order valence-corrected chi connectivity index (χ0v) is 14.9. The maximum Gasteiger partial charge on any atom is 0.242 e. The Morgan fingerprint density at radius 2 is 2.00 bits per heavy atom. The average Bonchev–Trinajstić information content (AvgIpc) is 2.55. The molecule has 25 heavy (non-hydrogen) atoms. The largest absolute Gasteiger partial charge is 0.394 e. The van der Waals surface area contributed by atoms with Gasteiger partial charge < -0.3 is 14.9 Å². The van der Waals surface area contributed by atoms with E-state index in [-0.39, 0.29) is 43.0 Å². The predicted octanol–water partition coefficient (Wildman–Crippen LogP) is 1.21. The third-order valence-electron chi connectivity index (χ3n) is 5.00. The van der Waals surface area contributed by atoms with Crippen molar-refractivity contribution in [3.05, 3.63) is 35.4 Å². The van der Waals surface area contributed by atoms with E-state index in [1.807, 2.05) is 24.3 Å². The monoisotopic (exact) mass is 340 g/mol. The zero-order valence-electron chi connectivity index (χ0n) is 14.9. The molecule has 3 atom stereocenters. The van der Waals surface area contributed by atoms with E-state index in [9.17, 15) is 14.7 Å². The summed E-state index contributed by atoms with van der Waals surface area (Å²) in [7, 11) is 0. The van der Waals surface area contributed by atoms with E-state index in [4.69, 9.17) is 0 Å². The fraction of sp³-hybridized carbons (Fsp3) is 0.500. The Kier molecular flexibility index (Phi) is 4.82. The number of nitrogens with zero attached hydrogens (tertiary/aromatic N) is 2. The van der Waals surface area contributed by atoms with Crippen LogP contribution in [0.2, 0.25) is 0 Å². The molecule has 1 aromatic rings. The van der Waals surface area contributed by atoms with Crippen LogP contribution in [-0.2, 0) is 9.59 Å². The molecule has 5 nitrogen and oxygen atoms in total. The molecule has 0 unspecified atom stereocenters. The average molecular weight is 340 g/mol. The summed E-state index contributed by atoms with van der Waals surface area (Å²) in [5, 5.41) is 9.75. The van der Waals surface area contributed by atoms with E-state index in [2.05, 4.69) is 25.7 Å². The molecule has 1 N–H and O–H groups in total. The van der Waals surface area contributed by atoms with Crippen molar-refractivity contribution in [2.45, 2.75) is 38.8 Å². The highest BCUT2D eigenvalue weighted by Crippen LogP contribution is 2.42. The van der Waals surface area contributed by atoms with Crippen LogP contribution >= 0.6 is 0 Å². The third kappa shape index (κ3) is 3.27. The van der Waals surface area contributed by atoms with Gasteiger partial charge >= 0.3 is 0 Å². The van der Waals surface area contributed by atoms with Crippen LogP contribution in [-0.4, -0.2) is 58.5 Å². The topological polar surface area (TPSA) is 60.9 Å². The fourth-order valence-electron chi connectivity index (χ4n) is 3.76. The molecule has 5 heteroatoms. The number of carbonyl (C=O) groups excluding carboxylic acids is 2. The van der Waals surface area contributed by atoms with Crippen LogP contribution in [0.3, 0.4) is 0 Å².